The van der Waals surface area contributed by atoms with E-state index in [-0.39, 0.29) is 11.7 Å². The summed E-state index contributed by atoms with van der Waals surface area (Å²) >= 11 is 0. The van der Waals surface area contributed by atoms with Gasteiger partial charge >= 0.3 is 5.82 Å². The van der Waals surface area contributed by atoms with Crippen LogP contribution in [-0.4, -0.2) is 19.6 Å². The van der Waals surface area contributed by atoms with Gasteiger partial charge in [0.1, 0.15) is 6.20 Å². The van der Waals surface area contributed by atoms with Crippen molar-refractivity contribution in [3.8, 4) is 11.5 Å². The Labute approximate surface area is 83.5 Å². The molecule has 2 aromatic rings. The first-order valence-corrected chi connectivity index (χ1v) is 3.98. The van der Waals surface area contributed by atoms with Crippen molar-refractivity contribution in [2.45, 2.75) is 0 Å². The quantitative estimate of drug-likeness (QED) is 0.571. The van der Waals surface area contributed by atoms with E-state index in [1.54, 1.807) is 0 Å². The molecular formula is C7H7N5O3. The van der Waals surface area contributed by atoms with E-state index in [1.807, 2.05) is 0 Å². The average molecular weight is 209 g/mol. The summed E-state index contributed by atoms with van der Waals surface area (Å²) in [6.45, 7) is 0. The Morgan fingerprint density at radius 2 is 2.40 bits per heavy atom. The highest BCUT2D eigenvalue weighted by Crippen LogP contribution is 2.22. The predicted octanol–water partition coefficient (Wildman–Crippen LogP) is 0.565. The number of nitrogens with zero attached hydrogens (tertiary/aromatic N) is 4. The zero-order valence-corrected chi connectivity index (χ0v) is 7.75. The molecule has 0 unspecified atom stereocenters. The fraction of sp³-hybridized carbons (Fsp3) is 0.143. The Balaban J connectivity index is 2.50. The van der Waals surface area contributed by atoms with Gasteiger partial charge in [-0.3, -0.25) is 0 Å². The molecule has 0 aliphatic rings. The van der Waals surface area contributed by atoms with Crippen molar-refractivity contribution in [1.29, 1.82) is 0 Å². The molecule has 0 radical (unpaired) electrons. The van der Waals surface area contributed by atoms with Crippen molar-refractivity contribution in [3.63, 3.8) is 0 Å². The molecule has 0 spiro atoms. The molecule has 8 heteroatoms. The van der Waals surface area contributed by atoms with Crippen molar-refractivity contribution in [1.82, 2.24) is 14.7 Å². The van der Waals surface area contributed by atoms with Crippen molar-refractivity contribution >= 4 is 11.7 Å². The molecule has 78 valence electrons. The fourth-order valence-corrected chi connectivity index (χ4v) is 1.20. The molecule has 15 heavy (non-hydrogen) atoms. The molecule has 2 heterocycles. The predicted molar refractivity (Wildman–Crippen MR) is 49.8 cm³/mol. The highest BCUT2D eigenvalue weighted by molar-refractivity contribution is 5.55. The topological polar surface area (TPSA) is 113 Å². The van der Waals surface area contributed by atoms with E-state index in [0.29, 0.717) is 11.5 Å². The molecule has 0 amide bonds. The highest BCUT2D eigenvalue weighted by Gasteiger charge is 2.20. The molecule has 0 saturated heterocycles. The van der Waals surface area contributed by atoms with Gasteiger partial charge in [-0.15, -0.1) is 0 Å². The third-order valence-corrected chi connectivity index (χ3v) is 1.91. The van der Waals surface area contributed by atoms with E-state index in [9.17, 15) is 10.1 Å². The maximum absolute atomic E-state index is 10.5. The van der Waals surface area contributed by atoms with Crippen molar-refractivity contribution in [2.24, 2.45) is 7.05 Å². The number of rotatable bonds is 2. The summed E-state index contributed by atoms with van der Waals surface area (Å²) in [5, 5.41) is 14.2. The van der Waals surface area contributed by atoms with Gasteiger partial charge in [0.2, 0.25) is 5.88 Å². The zero-order chi connectivity index (χ0) is 11.0. The number of aromatic nitrogens is 3. The first-order valence-electron chi connectivity index (χ1n) is 3.98. The van der Waals surface area contributed by atoms with Crippen LogP contribution in [-0.2, 0) is 7.05 Å². The van der Waals surface area contributed by atoms with Crippen LogP contribution in [0.1, 0.15) is 0 Å². The SMILES string of the molecule is Cn1c([N+](=O)[O-])cnc1-c1cc(N)on1. The number of imidazole rings is 1. The van der Waals surface area contributed by atoms with Crippen LogP contribution in [0.25, 0.3) is 11.5 Å². The van der Waals surface area contributed by atoms with E-state index in [0.717, 1.165) is 6.20 Å². The highest BCUT2D eigenvalue weighted by atomic mass is 16.6. The van der Waals surface area contributed by atoms with Crippen molar-refractivity contribution in [2.75, 3.05) is 5.73 Å². The molecular weight excluding hydrogens is 202 g/mol. The van der Waals surface area contributed by atoms with Gasteiger partial charge in [-0.05, 0) is 4.92 Å². The van der Waals surface area contributed by atoms with Gasteiger partial charge in [0, 0.05) is 6.07 Å². The summed E-state index contributed by atoms with van der Waals surface area (Å²) in [6, 6.07) is 1.45. The van der Waals surface area contributed by atoms with Crippen LogP contribution in [0.2, 0.25) is 0 Å². The second kappa shape index (κ2) is 3.08. The third-order valence-electron chi connectivity index (χ3n) is 1.91. The summed E-state index contributed by atoms with van der Waals surface area (Å²) in [6.07, 6.45) is 1.15. The van der Waals surface area contributed by atoms with Crippen LogP contribution in [0.5, 0.6) is 0 Å². The second-order valence-electron chi connectivity index (χ2n) is 2.87. The average Bonchev–Trinajstić information content (AvgIpc) is 2.71. The number of nitrogens with two attached hydrogens (primary N) is 1. The Morgan fingerprint density at radius 3 is 2.87 bits per heavy atom. The molecule has 0 atom stereocenters. The van der Waals surface area contributed by atoms with Crippen molar-refractivity contribution < 1.29 is 9.45 Å². The van der Waals surface area contributed by atoms with Gasteiger partial charge in [-0.2, -0.15) is 0 Å². The fourth-order valence-electron chi connectivity index (χ4n) is 1.20. The molecule has 2 aromatic heterocycles. The zero-order valence-electron chi connectivity index (χ0n) is 7.75. The minimum Gasteiger partial charge on any atom is -0.368 e. The minimum atomic E-state index is -0.528. The van der Waals surface area contributed by atoms with E-state index in [4.69, 9.17) is 5.73 Å². The van der Waals surface area contributed by atoms with Gasteiger partial charge in [-0.25, -0.2) is 9.55 Å². The molecule has 8 nitrogen and oxygen atoms in total. The van der Waals surface area contributed by atoms with Gasteiger partial charge in [0.05, 0.1) is 7.05 Å². The summed E-state index contributed by atoms with van der Waals surface area (Å²) in [7, 11) is 1.52. The molecule has 0 saturated carbocycles. The lowest BCUT2D eigenvalue weighted by atomic mass is 10.4. The molecule has 0 bridgehead atoms. The van der Waals surface area contributed by atoms with Gasteiger partial charge < -0.3 is 20.4 Å². The summed E-state index contributed by atoms with van der Waals surface area (Å²) in [4.78, 5) is 13.9. The number of nitro groups is 1. The smallest absolute Gasteiger partial charge is 0.342 e. The summed E-state index contributed by atoms with van der Waals surface area (Å²) < 4.78 is 5.95. The molecule has 0 aromatic carbocycles. The number of hydrogen-bond donors (Lipinski definition) is 1. The minimum absolute atomic E-state index is 0.119. The van der Waals surface area contributed by atoms with Gasteiger partial charge in [0.15, 0.2) is 5.69 Å². The van der Waals surface area contributed by atoms with E-state index >= 15 is 0 Å². The van der Waals surface area contributed by atoms with Crippen LogP contribution in [0.15, 0.2) is 16.8 Å². The summed E-state index contributed by atoms with van der Waals surface area (Å²) in [5.74, 6) is 0.351. The van der Waals surface area contributed by atoms with Gasteiger partial charge in [0.25, 0.3) is 5.82 Å². The largest absolute Gasteiger partial charge is 0.368 e. The second-order valence-corrected chi connectivity index (χ2v) is 2.87. The lowest BCUT2D eigenvalue weighted by Crippen LogP contribution is -1.98. The monoisotopic (exact) mass is 209 g/mol. The Hall–Kier alpha value is -2.38. The molecule has 2 rings (SSSR count). The lowest BCUT2D eigenvalue weighted by Gasteiger charge is -1.94. The summed E-state index contributed by atoms with van der Waals surface area (Å²) in [5.41, 5.74) is 5.70. The number of anilines is 1. The maximum Gasteiger partial charge on any atom is 0.342 e. The van der Waals surface area contributed by atoms with Crippen LogP contribution < -0.4 is 5.73 Å². The Bertz CT molecular complexity index is 514. The van der Waals surface area contributed by atoms with Crippen LogP contribution >= 0.6 is 0 Å². The number of nitrogen functional groups attached to an aromatic ring is 1. The Morgan fingerprint density at radius 1 is 1.67 bits per heavy atom. The Kier molecular flexibility index (Phi) is 1.89. The van der Waals surface area contributed by atoms with E-state index in [1.165, 1.54) is 17.7 Å². The third kappa shape index (κ3) is 1.41. The van der Waals surface area contributed by atoms with Gasteiger partial charge in [-0.1, -0.05) is 5.16 Å². The number of hydrogen-bond acceptors (Lipinski definition) is 6. The molecule has 2 N–H and O–H groups in total. The maximum atomic E-state index is 10.5. The first-order chi connectivity index (χ1) is 7.09. The molecule has 0 fully saturated rings. The van der Waals surface area contributed by atoms with Crippen LogP contribution in [0.3, 0.4) is 0 Å². The van der Waals surface area contributed by atoms with Crippen LogP contribution in [0, 0.1) is 10.1 Å². The molecule has 0 aliphatic heterocycles. The van der Waals surface area contributed by atoms with Crippen molar-refractivity contribution in [3.05, 3.63) is 22.4 Å². The standard InChI is InChI=1S/C7H7N5O3/c1-11-6(12(13)14)3-9-7(11)4-2-5(8)15-10-4/h2-3H,8H2,1H3. The first kappa shape index (κ1) is 9.19. The van der Waals surface area contributed by atoms with E-state index in [2.05, 4.69) is 14.7 Å². The van der Waals surface area contributed by atoms with E-state index < -0.39 is 4.92 Å². The lowest BCUT2D eigenvalue weighted by molar-refractivity contribution is -0.391. The van der Waals surface area contributed by atoms with Crippen LogP contribution in [0.4, 0.5) is 11.7 Å². The normalized spacial score (nSPS) is 10.5. The molecule has 0 aliphatic carbocycles.